The first-order chi connectivity index (χ1) is 41.0. The molecule has 0 aliphatic heterocycles. The van der Waals surface area contributed by atoms with Crippen LogP contribution in [0.25, 0.3) is 0 Å². The summed E-state index contributed by atoms with van der Waals surface area (Å²) in [5.74, 6) is -0.817. The highest BCUT2D eigenvalue weighted by molar-refractivity contribution is 5.71. The van der Waals surface area contributed by atoms with Crippen LogP contribution in [-0.2, 0) is 28.6 Å². The third-order valence-electron chi connectivity index (χ3n) is 18.1. The van der Waals surface area contributed by atoms with E-state index in [0.717, 1.165) is 57.8 Å². The second-order valence-corrected chi connectivity index (χ2v) is 26.6. The predicted octanol–water partition coefficient (Wildman–Crippen LogP) is 26.6. The number of rotatable bonds is 73. The summed E-state index contributed by atoms with van der Waals surface area (Å²) >= 11 is 0. The Morgan fingerprint density at radius 3 is 0.482 bits per heavy atom. The Morgan fingerprint density at radius 2 is 0.325 bits per heavy atom. The molecule has 1 atom stereocenters. The molecular weight excluding hydrogens is 1020 g/mol. The van der Waals surface area contributed by atoms with Crippen LogP contribution in [0.1, 0.15) is 457 Å². The van der Waals surface area contributed by atoms with Crippen LogP contribution in [0.3, 0.4) is 0 Å². The molecule has 0 aromatic heterocycles. The van der Waals surface area contributed by atoms with Gasteiger partial charge < -0.3 is 14.2 Å². The van der Waals surface area contributed by atoms with E-state index in [4.69, 9.17) is 14.2 Å². The van der Waals surface area contributed by atoms with E-state index >= 15 is 0 Å². The molecule has 0 aromatic rings. The van der Waals surface area contributed by atoms with Crippen LogP contribution in [0.4, 0.5) is 0 Å². The highest BCUT2D eigenvalue weighted by Crippen LogP contribution is 2.20. The maximum absolute atomic E-state index is 13.0. The minimum absolute atomic E-state index is 0.0600. The van der Waals surface area contributed by atoms with Crippen LogP contribution in [0.15, 0.2) is 0 Å². The molecule has 0 aliphatic rings. The average molecular weight is 1170 g/mol. The SMILES string of the molecule is CCCCCCCCCCCCCCCCCCCCCCCCCCCCCC(=O)OCC(COC(=O)CCCCCCCCCCCCCC)OC(=O)CCCCCCCCCCCCCCCCCCCCCCCCCCCC. The van der Waals surface area contributed by atoms with Crippen LogP contribution in [0, 0.1) is 0 Å². The highest BCUT2D eigenvalue weighted by atomic mass is 16.6. The lowest BCUT2D eigenvalue weighted by Gasteiger charge is -2.18. The van der Waals surface area contributed by atoms with E-state index in [-0.39, 0.29) is 31.1 Å². The summed E-state index contributed by atoms with van der Waals surface area (Å²) in [5.41, 5.74) is 0. The third kappa shape index (κ3) is 71.1. The number of carbonyl (C=O) groups is 3. The van der Waals surface area contributed by atoms with E-state index in [0.29, 0.717) is 19.3 Å². The van der Waals surface area contributed by atoms with Gasteiger partial charge >= 0.3 is 17.9 Å². The molecule has 83 heavy (non-hydrogen) atoms. The maximum Gasteiger partial charge on any atom is 0.306 e. The topological polar surface area (TPSA) is 78.9 Å². The van der Waals surface area contributed by atoms with E-state index in [2.05, 4.69) is 20.8 Å². The summed E-state index contributed by atoms with van der Waals surface area (Å²) in [7, 11) is 0. The Morgan fingerprint density at radius 1 is 0.193 bits per heavy atom. The van der Waals surface area contributed by atoms with Crippen molar-refractivity contribution >= 4 is 17.9 Å². The highest BCUT2D eigenvalue weighted by Gasteiger charge is 2.20. The van der Waals surface area contributed by atoms with Gasteiger partial charge in [-0.3, -0.25) is 14.4 Å². The first-order valence-corrected chi connectivity index (χ1v) is 38.5. The number of unbranched alkanes of at least 4 members (excludes halogenated alkanes) is 62. The van der Waals surface area contributed by atoms with Crippen molar-refractivity contribution in [2.24, 2.45) is 0 Å². The average Bonchev–Trinajstić information content (AvgIpc) is 3.49. The van der Waals surface area contributed by atoms with Crippen molar-refractivity contribution in [3.8, 4) is 0 Å². The first-order valence-electron chi connectivity index (χ1n) is 38.5. The largest absolute Gasteiger partial charge is 0.462 e. The Bertz CT molecular complexity index is 1250. The van der Waals surface area contributed by atoms with E-state index in [1.807, 2.05) is 0 Å². The van der Waals surface area contributed by atoms with Crippen LogP contribution in [0.5, 0.6) is 0 Å². The third-order valence-corrected chi connectivity index (χ3v) is 18.1. The second-order valence-electron chi connectivity index (χ2n) is 26.6. The number of ether oxygens (including phenoxy) is 3. The molecule has 0 saturated carbocycles. The molecule has 6 heteroatoms. The van der Waals surface area contributed by atoms with Crippen molar-refractivity contribution in [3.05, 3.63) is 0 Å². The molecule has 0 spiro atoms. The van der Waals surface area contributed by atoms with Gasteiger partial charge in [0.2, 0.25) is 0 Å². The Labute approximate surface area is 520 Å². The molecule has 0 amide bonds. The summed E-state index contributed by atoms with van der Waals surface area (Å²) in [4.78, 5) is 38.5. The second kappa shape index (κ2) is 72.9. The van der Waals surface area contributed by atoms with E-state index in [1.54, 1.807) is 0 Å². The summed E-state index contributed by atoms with van der Waals surface area (Å²) in [5, 5.41) is 0. The Kier molecular flexibility index (Phi) is 71.5. The van der Waals surface area contributed by atoms with Crippen LogP contribution >= 0.6 is 0 Å². The van der Waals surface area contributed by atoms with Gasteiger partial charge in [-0.1, -0.05) is 419 Å². The van der Waals surface area contributed by atoms with Gasteiger partial charge in [-0.25, -0.2) is 0 Å². The van der Waals surface area contributed by atoms with Crippen molar-refractivity contribution in [1.29, 1.82) is 0 Å². The summed E-state index contributed by atoms with van der Waals surface area (Å²) < 4.78 is 17.0. The fourth-order valence-corrected chi connectivity index (χ4v) is 12.3. The van der Waals surface area contributed by atoms with E-state index in [9.17, 15) is 14.4 Å². The van der Waals surface area contributed by atoms with Gasteiger partial charge in [0, 0.05) is 19.3 Å². The monoisotopic (exact) mass is 1170 g/mol. The van der Waals surface area contributed by atoms with Crippen molar-refractivity contribution < 1.29 is 28.6 Å². The van der Waals surface area contributed by atoms with Gasteiger partial charge in [0.25, 0.3) is 0 Å². The number of esters is 3. The number of hydrogen-bond acceptors (Lipinski definition) is 6. The van der Waals surface area contributed by atoms with Gasteiger partial charge in [-0.2, -0.15) is 0 Å². The smallest absolute Gasteiger partial charge is 0.306 e. The van der Waals surface area contributed by atoms with Crippen molar-refractivity contribution in [3.63, 3.8) is 0 Å². The molecule has 0 radical (unpaired) electrons. The zero-order chi connectivity index (χ0) is 59.9. The van der Waals surface area contributed by atoms with Crippen molar-refractivity contribution in [2.75, 3.05) is 13.2 Å². The molecule has 0 saturated heterocycles. The first kappa shape index (κ1) is 81.4. The fraction of sp³-hybridized carbons (Fsp3) is 0.961. The molecule has 1 unspecified atom stereocenters. The number of hydrogen-bond donors (Lipinski definition) is 0. The lowest BCUT2D eigenvalue weighted by atomic mass is 10.0. The molecule has 0 aliphatic carbocycles. The molecule has 0 bridgehead atoms. The molecule has 0 heterocycles. The lowest BCUT2D eigenvalue weighted by molar-refractivity contribution is -0.167. The van der Waals surface area contributed by atoms with E-state index < -0.39 is 6.10 Å². The van der Waals surface area contributed by atoms with Gasteiger partial charge in [-0.15, -0.1) is 0 Å². The summed E-state index contributed by atoms with van der Waals surface area (Å²) in [6.07, 6.45) is 87.4. The molecule has 6 nitrogen and oxygen atoms in total. The van der Waals surface area contributed by atoms with Crippen molar-refractivity contribution in [2.45, 2.75) is 463 Å². The molecule has 494 valence electrons. The maximum atomic E-state index is 13.0. The summed E-state index contributed by atoms with van der Waals surface area (Å²) in [6, 6.07) is 0. The normalized spacial score (nSPS) is 11.9. The Hall–Kier alpha value is -1.59. The quantitative estimate of drug-likeness (QED) is 0.0343. The number of carbonyl (C=O) groups excluding carboxylic acids is 3. The van der Waals surface area contributed by atoms with E-state index in [1.165, 1.54) is 360 Å². The predicted molar refractivity (Wildman–Crippen MR) is 363 cm³/mol. The van der Waals surface area contributed by atoms with Gasteiger partial charge in [-0.05, 0) is 19.3 Å². The standard InChI is InChI=1S/C77H150O6/c1-4-7-10-13-16-19-22-25-27-29-31-33-35-37-39-41-42-44-46-48-50-52-55-58-61-64-67-70-76(79)82-73-74(72-81-75(78)69-66-63-60-57-54-24-21-18-15-12-9-6-3)83-77(80)71-68-65-62-59-56-53-51-49-47-45-43-40-38-36-34-32-30-28-26-23-20-17-14-11-8-5-2/h74H,4-73H2,1-3H3. The zero-order valence-electron chi connectivity index (χ0n) is 57.0. The fourth-order valence-electron chi connectivity index (χ4n) is 12.3. The Balaban J connectivity index is 4.12. The zero-order valence-corrected chi connectivity index (χ0v) is 57.0. The van der Waals surface area contributed by atoms with Crippen molar-refractivity contribution in [1.82, 2.24) is 0 Å². The van der Waals surface area contributed by atoms with Crippen LogP contribution in [0.2, 0.25) is 0 Å². The minimum Gasteiger partial charge on any atom is -0.462 e. The molecule has 0 fully saturated rings. The van der Waals surface area contributed by atoms with Gasteiger partial charge in [0.05, 0.1) is 0 Å². The molecular formula is C77H150O6. The van der Waals surface area contributed by atoms with Gasteiger partial charge in [0.1, 0.15) is 13.2 Å². The molecule has 0 aromatic carbocycles. The minimum atomic E-state index is -0.764. The lowest BCUT2D eigenvalue weighted by Crippen LogP contribution is -2.30. The summed E-state index contributed by atoms with van der Waals surface area (Å²) in [6.45, 7) is 6.75. The molecule has 0 N–H and O–H groups in total. The van der Waals surface area contributed by atoms with Gasteiger partial charge in [0.15, 0.2) is 6.10 Å². The van der Waals surface area contributed by atoms with Crippen LogP contribution < -0.4 is 0 Å². The molecule has 0 rings (SSSR count). The van der Waals surface area contributed by atoms with Crippen LogP contribution in [-0.4, -0.2) is 37.2 Å².